The number of carbonyl (C=O) groups is 1. The number of ether oxygens (including phenoxy) is 3. The van der Waals surface area contributed by atoms with E-state index in [9.17, 15) is 4.79 Å². The number of fused-ring (bicyclic) bond motifs is 1. The van der Waals surface area contributed by atoms with E-state index in [2.05, 4.69) is 29.0 Å². The minimum Gasteiger partial charge on any atom is -0.481 e. The van der Waals surface area contributed by atoms with Crippen molar-refractivity contribution < 1.29 is 19.0 Å². The maximum Gasteiger partial charge on any atom is 0.344 e. The summed E-state index contributed by atoms with van der Waals surface area (Å²) in [4.78, 5) is 11.8. The van der Waals surface area contributed by atoms with Crippen LogP contribution < -0.4 is 15.8 Å². The van der Waals surface area contributed by atoms with E-state index in [4.69, 9.17) is 19.9 Å². The van der Waals surface area contributed by atoms with Gasteiger partial charge in [-0.15, -0.1) is 22.0 Å². The molecule has 0 radical (unpaired) electrons. The van der Waals surface area contributed by atoms with Crippen molar-refractivity contribution in [3.05, 3.63) is 77.1 Å². The Hall–Kier alpha value is -3.46. The van der Waals surface area contributed by atoms with Crippen LogP contribution in [0.2, 0.25) is 0 Å². The van der Waals surface area contributed by atoms with Crippen LogP contribution in [0.25, 0.3) is 5.70 Å². The topological polar surface area (TPSA) is 108 Å². The van der Waals surface area contributed by atoms with Gasteiger partial charge in [0.2, 0.25) is 12.1 Å². The van der Waals surface area contributed by atoms with E-state index in [0.717, 1.165) is 23.4 Å². The summed E-state index contributed by atoms with van der Waals surface area (Å²) in [5, 5.41) is 12.5. The molecule has 33 heavy (non-hydrogen) atoms. The smallest absolute Gasteiger partial charge is 0.344 e. The van der Waals surface area contributed by atoms with E-state index >= 15 is 0 Å². The van der Waals surface area contributed by atoms with E-state index in [1.54, 1.807) is 13.0 Å². The average molecular weight is 469 g/mol. The molecule has 3 rings (SSSR count). The highest BCUT2D eigenvalue weighted by Gasteiger charge is 2.26. The average Bonchev–Trinajstić information content (AvgIpc) is 2.96. The molecular formula is C24H28N4O4S. The standard InChI is InChI=1S/C24H28N4O4S/c1-4-14-33-16(3)27-28-22-17-10-6-8-12-19(17)26-24(32-23(22)25)18-11-7-9-13-20(18)31-15-21(29)30-5-2/h6-13,24,26H,3-5,14-15,25H2,1-2H3/b28-27-. The largest absolute Gasteiger partial charge is 0.481 e. The number of hydrogen-bond acceptors (Lipinski definition) is 9. The van der Waals surface area contributed by atoms with Gasteiger partial charge in [0.15, 0.2) is 12.3 Å². The quantitative estimate of drug-likeness (QED) is 0.354. The first-order valence-corrected chi connectivity index (χ1v) is 11.6. The van der Waals surface area contributed by atoms with Crippen LogP contribution in [0.15, 0.2) is 76.3 Å². The lowest BCUT2D eigenvalue weighted by atomic mass is 10.1. The zero-order valence-electron chi connectivity index (χ0n) is 18.7. The normalized spacial score (nSPS) is 15.3. The second-order valence-electron chi connectivity index (χ2n) is 6.97. The van der Waals surface area contributed by atoms with Crippen molar-refractivity contribution in [1.29, 1.82) is 0 Å². The molecule has 0 spiro atoms. The number of nitrogens with zero attached hydrogens (tertiary/aromatic N) is 2. The van der Waals surface area contributed by atoms with Crippen LogP contribution in [-0.4, -0.2) is 24.9 Å². The summed E-state index contributed by atoms with van der Waals surface area (Å²) in [5.41, 5.74) is 8.92. The minimum absolute atomic E-state index is 0.106. The zero-order chi connectivity index (χ0) is 23.6. The Kier molecular flexibility index (Phi) is 8.77. The molecule has 0 saturated carbocycles. The van der Waals surface area contributed by atoms with Crippen molar-refractivity contribution in [2.24, 2.45) is 16.0 Å². The van der Waals surface area contributed by atoms with E-state index in [1.807, 2.05) is 42.5 Å². The summed E-state index contributed by atoms with van der Waals surface area (Å²) < 4.78 is 16.7. The summed E-state index contributed by atoms with van der Waals surface area (Å²) in [6, 6.07) is 14.8. The Bertz CT molecular complexity index is 1050. The number of para-hydroxylation sites is 2. The predicted octanol–water partition coefficient (Wildman–Crippen LogP) is 5.42. The third-order valence-corrected chi connectivity index (χ3v) is 5.56. The van der Waals surface area contributed by atoms with Crippen LogP contribution in [-0.2, 0) is 14.3 Å². The number of hydrogen-bond donors (Lipinski definition) is 2. The maximum atomic E-state index is 11.8. The second-order valence-corrected chi connectivity index (χ2v) is 8.14. The fourth-order valence-corrected chi connectivity index (χ4v) is 3.61. The SMILES string of the molecule is C=C(/N=N\C1=C(N)OC(c2ccccc2OCC(=O)OCC)Nc2ccccc21)SCCC. The summed E-state index contributed by atoms with van der Waals surface area (Å²) in [5.74, 6) is 1.04. The van der Waals surface area contributed by atoms with Gasteiger partial charge in [0.05, 0.1) is 12.2 Å². The number of thioether (sulfide) groups is 1. The number of esters is 1. The van der Waals surface area contributed by atoms with Gasteiger partial charge in [-0.05, 0) is 37.3 Å². The monoisotopic (exact) mass is 468 g/mol. The fourth-order valence-electron chi connectivity index (χ4n) is 3.07. The highest BCUT2D eigenvalue weighted by molar-refractivity contribution is 8.03. The van der Waals surface area contributed by atoms with Gasteiger partial charge in [-0.25, -0.2) is 4.79 Å². The first-order valence-electron chi connectivity index (χ1n) is 10.7. The van der Waals surface area contributed by atoms with Crippen LogP contribution in [0.1, 0.15) is 37.6 Å². The van der Waals surface area contributed by atoms with Crippen LogP contribution in [0.3, 0.4) is 0 Å². The Morgan fingerprint density at radius 1 is 1.21 bits per heavy atom. The molecule has 2 aromatic rings. The number of rotatable bonds is 10. The minimum atomic E-state index is -0.685. The summed E-state index contributed by atoms with van der Waals surface area (Å²) in [7, 11) is 0. The Morgan fingerprint density at radius 3 is 2.76 bits per heavy atom. The van der Waals surface area contributed by atoms with Gasteiger partial charge in [0.1, 0.15) is 10.8 Å². The first-order chi connectivity index (χ1) is 16.0. The highest BCUT2D eigenvalue weighted by atomic mass is 32.2. The number of nitrogens with two attached hydrogens (primary N) is 1. The lowest BCUT2D eigenvalue weighted by Crippen LogP contribution is -2.19. The summed E-state index contributed by atoms with van der Waals surface area (Å²) in [6.45, 7) is 7.84. The third-order valence-electron chi connectivity index (χ3n) is 4.53. The lowest BCUT2D eigenvalue weighted by Gasteiger charge is -2.22. The molecule has 174 valence electrons. The fraction of sp³-hybridized carbons (Fsp3) is 0.292. The van der Waals surface area contributed by atoms with E-state index in [1.165, 1.54) is 11.8 Å². The third kappa shape index (κ3) is 6.52. The number of benzene rings is 2. The van der Waals surface area contributed by atoms with Crippen LogP contribution in [0.4, 0.5) is 5.69 Å². The van der Waals surface area contributed by atoms with Crippen molar-refractivity contribution in [3.63, 3.8) is 0 Å². The molecular weight excluding hydrogens is 440 g/mol. The van der Waals surface area contributed by atoms with Gasteiger partial charge in [-0.3, -0.25) is 0 Å². The molecule has 3 N–H and O–H groups in total. The molecule has 0 aromatic heterocycles. The predicted molar refractivity (Wildman–Crippen MR) is 130 cm³/mol. The van der Waals surface area contributed by atoms with Gasteiger partial charge >= 0.3 is 5.97 Å². The molecule has 0 saturated heterocycles. The van der Waals surface area contributed by atoms with Crippen molar-refractivity contribution in [2.75, 3.05) is 24.3 Å². The number of azo groups is 1. The second kappa shape index (κ2) is 12.0. The van der Waals surface area contributed by atoms with E-state index < -0.39 is 12.2 Å². The molecule has 2 aromatic carbocycles. The Labute approximate surface area is 197 Å². The molecule has 1 heterocycles. The number of nitrogens with one attached hydrogen (secondary N) is 1. The molecule has 0 aliphatic carbocycles. The summed E-state index contributed by atoms with van der Waals surface area (Å²) >= 11 is 1.53. The highest BCUT2D eigenvalue weighted by Crippen LogP contribution is 2.38. The van der Waals surface area contributed by atoms with Gasteiger partial charge in [0.25, 0.3) is 0 Å². The van der Waals surface area contributed by atoms with Gasteiger partial charge in [-0.1, -0.05) is 43.8 Å². The maximum absolute atomic E-state index is 11.8. The lowest BCUT2D eigenvalue weighted by molar-refractivity contribution is -0.145. The molecule has 1 atom stereocenters. The molecule has 1 aliphatic heterocycles. The van der Waals surface area contributed by atoms with Crippen LogP contribution >= 0.6 is 11.8 Å². The molecule has 0 bridgehead atoms. The van der Waals surface area contributed by atoms with E-state index in [0.29, 0.717) is 22.0 Å². The molecule has 1 aliphatic rings. The van der Waals surface area contributed by atoms with E-state index in [-0.39, 0.29) is 19.1 Å². The molecule has 1 unspecified atom stereocenters. The first kappa shape index (κ1) is 24.2. The Balaban J connectivity index is 1.91. The van der Waals surface area contributed by atoms with Crippen LogP contribution in [0.5, 0.6) is 5.75 Å². The van der Waals surface area contributed by atoms with Crippen molar-refractivity contribution in [3.8, 4) is 5.75 Å². The number of carbonyl (C=O) groups excluding carboxylic acids is 1. The molecule has 9 heteroatoms. The zero-order valence-corrected chi connectivity index (χ0v) is 19.6. The molecule has 8 nitrogen and oxygen atoms in total. The van der Waals surface area contributed by atoms with Gasteiger partial charge in [-0.2, -0.15) is 0 Å². The van der Waals surface area contributed by atoms with Crippen molar-refractivity contribution in [2.45, 2.75) is 26.5 Å². The number of anilines is 1. The summed E-state index contributed by atoms with van der Waals surface area (Å²) in [6.07, 6.45) is 0.328. The molecule has 0 fully saturated rings. The van der Waals surface area contributed by atoms with Crippen molar-refractivity contribution in [1.82, 2.24) is 0 Å². The van der Waals surface area contributed by atoms with Crippen molar-refractivity contribution >= 4 is 29.1 Å². The van der Waals surface area contributed by atoms with Gasteiger partial charge in [0, 0.05) is 11.3 Å². The Morgan fingerprint density at radius 2 is 1.97 bits per heavy atom. The van der Waals surface area contributed by atoms with Crippen LogP contribution in [0, 0.1) is 0 Å². The van der Waals surface area contributed by atoms with Gasteiger partial charge < -0.3 is 25.3 Å². The molecule has 0 amide bonds.